The number of amides is 1. The number of hydrogen-bond acceptors (Lipinski definition) is 4. The highest BCUT2D eigenvalue weighted by atomic mass is 16.3. The van der Waals surface area contributed by atoms with Gasteiger partial charge in [0.15, 0.2) is 17.8 Å². The summed E-state index contributed by atoms with van der Waals surface area (Å²) in [6, 6.07) is 7.74. The van der Waals surface area contributed by atoms with Crippen molar-refractivity contribution < 1.29 is 14.3 Å². The molecule has 0 aliphatic heterocycles. The van der Waals surface area contributed by atoms with Gasteiger partial charge in [-0.2, -0.15) is 0 Å². The SMILES string of the molecule is Cc1ccc(-c2ocnc2C(=O)NCC(C)(C)CC(C)O)cc1. The van der Waals surface area contributed by atoms with E-state index in [1.165, 1.54) is 6.39 Å². The topological polar surface area (TPSA) is 75.4 Å². The highest BCUT2D eigenvalue weighted by Crippen LogP contribution is 2.24. The third kappa shape index (κ3) is 4.66. The van der Waals surface area contributed by atoms with Crippen LogP contribution in [0, 0.1) is 12.3 Å². The van der Waals surface area contributed by atoms with Gasteiger partial charge >= 0.3 is 0 Å². The second-order valence-corrected chi connectivity index (χ2v) is 6.80. The molecule has 0 saturated heterocycles. The molecule has 1 atom stereocenters. The van der Waals surface area contributed by atoms with E-state index in [2.05, 4.69) is 10.3 Å². The van der Waals surface area contributed by atoms with E-state index >= 15 is 0 Å². The molecule has 1 heterocycles. The van der Waals surface area contributed by atoms with Gasteiger partial charge in [0.05, 0.1) is 6.10 Å². The van der Waals surface area contributed by atoms with Crippen molar-refractivity contribution in [1.82, 2.24) is 10.3 Å². The predicted octanol–water partition coefficient (Wildman–Crippen LogP) is 3.18. The molecule has 0 spiro atoms. The number of benzene rings is 1. The lowest BCUT2D eigenvalue weighted by atomic mass is 9.87. The fraction of sp³-hybridized carbons (Fsp3) is 0.444. The maximum Gasteiger partial charge on any atom is 0.273 e. The highest BCUT2D eigenvalue weighted by molar-refractivity contribution is 5.97. The lowest BCUT2D eigenvalue weighted by Crippen LogP contribution is -2.36. The standard InChI is InChI=1S/C18H24N2O3/c1-12-5-7-14(8-6-12)16-15(20-11-23-16)17(22)19-10-18(3,4)9-13(2)21/h5-8,11,13,21H,9-10H2,1-4H3,(H,19,22). The Bertz CT molecular complexity index is 657. The van der Waals surface area contributed by atoms with Crippen molar-refractivity contribution in [2.24, 2.45) is 5.41 Å². The Kier molecular flexibility index (Phi) is 5.21. The van der Waals surface area contributed by atoms with Crippen LogP contribution >= 0.6 is 0 Å². The van der Waals surface area contributed by atoms with Crippen molar-refractivity contribution in [2.75, 3.05) is 6.54 Å². The van der Waals surface area contributed by atoms with E-state index in [-0.39, 0.29) is 17.0 Å². The number of hydrogen-bond donors (Lipinski definition) is 2. The average Bonchev–Trinajstić information content (AvgIpc) is 2.94. The van der Waals surface area contributed by atoms with Crippen LogP contribution in [0.25, 0.3) is 11.3 Å². The van der Waals surface area contributed by atoms with Crippen molar-refractivity contribution in [2.45, 2.75) is 40.2 Å². The van der Waals surface area contributed by atoms with E-state index in [1.807, 2.05) is 45.0 Å². The minimum atomic E-state index is -0.405. The molecule has 5 nitrogen and oxygen atoms in total. The summed E-state index contributed by atoms with van der Waals surface area (Å²) in [6.45, 7) is 8.21. The summed E-state index contributed by atoms with van der Waals surface area (Å²) in [4.78, 5) is 16.5. The average molecular weight is 316 g/mol. The Balaban J connectivity index is 2.09. The quantitative estimate of drug-likeness (QED) is 0.858. The number of aliphatic hydroxyl groups excluding tert-OH is 1. The molecule has 0 fully saturated rings. The van der Waals surface area contributed by atoms with Crippen molar-refractivity contribution in [3.05, 3.63) is 41.9 Å². The Hall–Kier alpha value is -2.14. The van der Waals surface area contributed by atoms with E-state index in [0.29, 0.717) is 18.7 Å². The first-order valence-electron chi connectivity index (χ1n) is 7.75. The van der Waals surface area contributed by atoms with E-state index in [4.69, 9.17) is 4.42 Å². The van der Waals surface area contributed by atoms with Gasteiger partial charge in [-0.25, -0.2) is 4.98 Å². The summed E-state index contributed by atoms with van der Waals surface area (Å²) in [6.07, 6.45) is 1.49. The molecule has 0 saturated carbocycles. The van der Waals surface area contributed by atoms with Crippen LogP contribution in [0.4, 0.5) is 0 Å². The number of aromatic nitrogens is 1. The Morgan fingerprint density at radius 3 is 2.61 bits per heavy atom. The number of oxazole rings is 1. The number of nitrogens with zero attached hydrogens (tertiary/aromatic N) is 1. The summed E-state index contributed by atoms with van der Waals surface area (Å²) in [5.74, 6) is 0.198. The molecule has 2 rings (SSSR count). The smallest absolute Gasteiger partial charge is 0.273 e. The molecule has 0 radical (unpaired) electrons. The van der Waals surface area contributed by atoms with E-state index in [1.54, 1.807) is 6.92 Å². The van der Waals surface area contributed by atoms with Gasteiger partial charge in [-0.3, -0.25) is 4.79 Å². The molecule has 1 amide bonds. The molecular weight excluding hydrogens is 292 g/mol. The molecule has 5 heteroatoms. The molecule has 2 N–H and O–H groups in total. The van der Waals surface area contributed by atoms with Crippen molar-refractivity contribution in [3.8, 4) is 11.3 Å². The number of aliphatic hydroxyl groups is 1. The fourth-order valence-electron chi connectivity index (χ4n) is 2.59. The number of aryl methyl sites for hydroxylation is 1. The molecule has 23 heavy (non-hydrogen) atoms. The maximum atomic E-state index is 12.4. The second-order valence-electron chi connectivity index (χ2n) is 6.80. The normalized spacial score (nSPS) is 12.9. The van der Waals surface area contributed by atoms with Gasteiger partial charge in [0.2, 0.25) is 0 Å². The van der Waals surface area contributed by atoms with Crippen LogP contribution in [0.2, 0.25) is 0 Å². The van der Waals surface area contributed by atoms with Crippen molar-refractivity contribution in [3.63, 3.8) is 0 Å². The van der Waals surface area contributed by atoms with E-state index < -0.39 is 6.10 Å². The minimum absolute atomic E-state index is 0.197. The van der Waals surface area contributed by atoms with Crippen LogP contribution < -0.4 is 5.32 Å². The van der Waals surface area contributed by atoms with Crippen molar-refractivity contribution >= 4 is 5.91 Å². The second kappa shape index (κ2) is 6.96. The molecular formula is C18H24N2O3. The highest BCUT2D eigenvalue weighted by Gasteiger charge is 2.24. The summed E-state index contributed by atoms with van der Waals surface area (Å²) >= 11 is 0. The molecule has 0 bridgehead atoms. The zero-order valence-electron chi connectivity index (χ0n) is 14.1. The maximum absolute atomic E-state index is 12.4. The summed E-state index contributed by atoms with van der Waals surface area (Å²) in [5.41, 5.74) is 2.04. The molecule has 2 aromatic rings. The molecule has 0 aliphatic carbocycles. The van der Waals surface area contributed by atoms with Gasteiger partial charge in [0, 0.05) is 12.1 Å². The van der Waals surface area contributed by atoms with E-state index in [9.17, 15) is 9.90 Å². The Morgan fingerprint density at radius 1 is 1.35 bits per heavy atom. The first-order valence-corrected chi connectivity index (χ1v) is 7.75. The van der Waals surface area contributed by atoms with Gasteiger partial charge in [-0.15, -0.1) is 0 Å². The zero-order valence-corrected chi connectivity index (χ0v) is 14.1. The minimum Gasteiger partial charge on any atom is -0.443 e. The van der Waals surface area contributed by atoms with Crippen LogP contribution in [0.1, 0.15) is 43.2 Å². The van der Waals surface area contributed by atoms with E-state index in [0.717, 1.165) is 11.1 Å². The third-order valence-corrected chi connectivity index (χ3v) is 3.67. The zero-order chi connectivity index (χ0) is 17.0. The molecule has 1 unspecified atom stereocenters. The largest absolute Gasteiger partial charge is 0.443 e. The number of carbonyl (C=O) groups excluding carboxylic acids is 1. The van der Waals surface area contributed by atoms with Crippen LogP contribution in [0.3, 0.4) is 0 Å². The number of rotatable bonds is 6. The Morgan fingerprint density at radius 2 is 2.00 bits per heavy atom. The van der Waals surface area contributed by atoms with Crippen LogP contribution in [0.15, 0.2) is 35.1 Å². The summed E-state index contributed by atoms with van der Waals surface area (Å²) < 4.78 is 5.40. The van der Waals surface area contributed by atoms with Crippen LogP contribution in [-0.4, -0.2) is 28.6 Å². The Labute approximate surface area is 136 Å². The van der Waals surface area contributed by atoms with Crippen molar-refractivity contribution in [1.29, 1.82) is 0 Å². The lowest BCUT2D eigenvalue weighted by Gasteiger charge is -2.26. The monoisotopic (exact) mass is 316 g/mol. The first-order chi connectivity index (χ1) is 10.8. The molecule has 124 valence electrons. The molecule has 1 aromatic heterocycles. The third-order valence-electron chi connectivity index (χ3n) is 3.67. The summed E-state index contributed by atoms with van der Waals surface area (Å²) in [7, 11) is 0. The first kappa shape index (κ1) is 17.2. The number of carbonyl (C=O) groups is 1. The van der Waals surface area contributed by atoms with Gasteiger partial charge in [-0.05, 0) is 25.7 Å². The van der Waals surface area contributed by atoms with Crippen LogP contribution in [0.5, 0.6) is 0 Å². The van der Waals surface area contributed by atoms with Gasteiger partial charge in [0.25, 0.3) is 5.91 Å². The fourth-order valence-corrected chi connectivity index (χ4v) is 2.59. The lowest BCUT2D eigenvalue weighted by molar-refractivity contribution is 0.0898. The molecule has 0 aliphatic rings. The predicted molar refractivity (Wildman–Crippen MR) is 89.1 cm³/mol. The van der Waals surface area contributed by atoms with Gasteiger partial charge in [-0.1, -0.05) is 43.7 Å². The molecule has 1 aromatic carbocycles. The van der Waals surface area contributed by atoms with Gasteiger partial charge in [0.1, 0.15) is 0 Å². The van der Waals surface area contributed by atoms with Gasteiger partial charge < -0.3 is 14.8 Å². The van der Waals surface area contributed by atoms with Crippen LogP contribution in [-0.2, 0) is 0 Å². The number of nitrogens with one attached hydrogen (secondary N) is 1. The summed E-state index contributed by atoms with van der Waals surface area (Å²) in [5, 5.41) is 12.4.